The van der Waals surface area contributed by atoms with E-state index < -0.39 is 0 Å². The van der Waals surface area contributed by atoms with Crippen LogP contribution in [0.2, 0.25) is 0 Å². The van der Waals surface area contributed by atoms with Crippen molar-refractivity contribution in [2.45, 2.75) is 46.1 Å². The van der Waals surface area contributed by atoms with E-state index in [0.717, 1.165) is 26.9 Å². The molecule has 0 N–H and O–H groups in total. The zero-order chi connectivity index (χ0) is 15.5. The molecule has 0 unspecified atom stereocenters. The molecule has 4 heteroatoms. The van der Waals surface area contributed by atoms with Gasteiger partial charge in [-0.25, -0.2) is 4.98 Å². The number of ether oxygens (including phenoxy) is 1. The van der Waals surface area contributed by atoms with E-state index in [1.54, 1.807) is 11.3 Å². The Balaban J connectivity index is 2.18. The fraction of sp³-hybridized carbons (Fsp3) is 0.412. The highest BCUT2D eigenvalue weighted by Gasteiger charge is 2.23. The van der Waals surface area contributed by atoms with E-state index in [9.17, 15) is 0 Å². The lowest BCUT2D eigenvalue weighted by atomic mass is 9.91. The molecule has 0 fully saturated rings. The summed E-state index contributed by atoms with van der Waals surface area (Å²) in [5.41, 5.74) is 2.07. The lowest BCUT2D eigenvalue weighted by molar-refractivity contribution is 0.303. The summed E-state index contributed by atoms with van der Waals surface area (Å²) in [6.07, 6.45) is 0.411. The summed E-state index contributed by atoms with van der Waals surface area (Å²) in [5, 5.41) is 9.89. The van der Waals surface area contributed by atoms with Crippen LogP contribution in [0.25, 0.3) is 0 Å². The van der Waals surface area contributed by atoms with E-state index in [-0.39, 0.29) is 5.41 Å². The molecule has 0 aliphatic carbocycles. The first-order chi connectivity index (χ1) is 9.91. The number of nitriles is 1. The minimum Gasteiger partial charge on any atom is -0.486 e. The van der Waals surface area contributed by atoms with Crippen molar-refractivity contribution < 1.29 is 4.74 Å². The van der Waals surface area contributed by atoms with Crippen LogP contribution in [0.5, 0.6) is 5.75 Å². The number of nitrogens with zero attached hydrogens (tertiary/aromatic N) is 2. The summed E-state index contributed by atoms with van der Waals surface area (Å²) >= 11 is 1.58. The van der Waals surface area contributed by atoms with Gasteiger partial charge in [-0.2, -0.15) is 5.26 Å². The van der Waals surface area contributed by atoms with Gasteiger partial charge in [0.15, 0.2) is 0 Å². The quantitative estimate of drug-likeness (QED) is 0.841. The number of rotatable bonds is 4. The molecular formula is C17H20N2OS. The number of aryl methyl sites for hydroxylation is 1. The minimum absolute atomic E-state index is 0.0520. The number of hydrogen-bond acceptors (Lipinski definition) is 4. The van der Waals surface area contributed by atoms with Gasteiger partial charge >= 0.3 is 0 Å². The van der Waals surface area contributed by atoms with Crippen molar-refractivity contribution in [3.8, 4) is 11.8 Å². The molecule has 1 heterocycles. The number of para-hydroxylation sites is 1. The lowest BCUT2D eigenvalue weighted by Crippen LogP contribution is -2.14. The van der Waals surface area contributed by atoms with Crippen molar-refractivity contribution in [3.63, 3.8) is 0 Å². The summed E-state index contributed by atoms with van der Waals surface area (Å²) in [6.45, 7) is 8.83. The molecular weight excluding hydrogens is 280 g/mol. The maximum Gasteiger partial charge on any atom is 0.140 e. The third-order valence-electron chi connectivity index (χ3n) is 3.14. The Hall–Kier alpha value is -1.86. The Labute approximate surface area is 130 Å². The lowest BCUT2D eigenvalue weighted by Gasteiger charge is -2.16. The van der Waals surface area contributed by atoms with Crippen molar-refractivity contribution in [1.82, 2.24) is 4.98 Å². The second kappa shape index (κ2) is 6.28. The zero-order valence-electron chi connectivity index (χ0n) is 12.9. The Kier molecular flexibility index (Phi) is 4.64. The summed E-state index contributed by atoms with van der Waals surface area (Å²) in [4.78, 5) is 5.74. The molecule has 1 aromatic carbocycles. The predicted octanol–water partition coefficient (Wildman–Crippen LogP) is 4.39. The summed E-state index contributed by atoms with van der Waals surface area (Å²) < 4.78 is 5.85. The average molecular weight is 300 g/mol. The van der Waals surface area contributed by atoms with Crippen LogP contribution >= 0.6 is 11.3 Å². The molecule has 110 valence electrons. The van der Waals surface area contributed by atoms with Crippen LogP contribution in [-0.4, -0.2) is 4.98 Å². The van der Waals surface area contributed by atoms with E-state index in [0.29, 0.717) is 13.0 Å². The van der Waals surface area contributed by atoms with E-state index in [2.05, 4.69) is 31.8 Å². The molecule has 0 spiro atoms. The Bertz CT molecular complexity index is 662. The standard InChI is InChI=1S/C17H20N2OS/c1-12-7-5-6-8-13(12)20-11-15-19-16(17(2,3)4)14(21-15)9-10-18/h5-8H,9,11H2,1-4H3. The molecule has 0 saturated carbocycles. The molecule has 0 atom stereocenters. The van der Waals surface area contributed by atoms with Crippen molar-refractivity contribution in [3.05, 3.63) is 45.4 Å². The molecule has 2 rings (SSSR count). The topological polar surface area (TPSA) is 45.9 Å². The monoisotopic (exact) mass is 300 g/mol. The molecule has 0 amide bonds. The second-order valence-corrected chi connectivity index (χ2v) is 7.19. The summed E-state index contributed by atoms with van der Waals surface area (Å²) in [7, 11) is 0. The van der Waals surface area contributed by atoms with Gasteiger partial charge in [-0.15, -0.1) is 11.3 Å². The highest BCUT2D eigenvalue weighted by Crippen LogP contribution is 2.30. The first-order valence-corrected chi connectivity index (χ1v) is 7.78. The van der Waals surface area contributed by atoms with Crippen LogP contribution in [0.15, 0.2) is 24.3 Å². The average Bonchev–Trinajstić information content (AvgIpc) is 2.81. The van der Waals surface area contributed by atoms with Crippen molar-refractivity contribution >= 4 is 11.3 Å². The van der Waals surface area contributed by atoms with Gasteiger partial charge in [0.25, 0.3) is 0 Å². The number of aromatic nitrogens is 1. The largest absolute Gasteiger partial charge is 0.486 e. The molecule has 3 nitrogen and oxygen atoms in total. The van der Waals surface area contributed by atoms with Crippen LogP contribution in [0.3, 0.4) is 0 Å². The first kappa shape index (κ1) is 15.5. The Morgan fingerprint density at radius 1 is 1.29 bits per heavy atom. The molecule has 0 bridgehead atoms. The van der Waals surface area contributed by atoms with Gasteiger partial charge in [0, 0.05) is 10.3 Å². The van der Waals surface area contributed by atoms with Crippen LogP contribution < -0.4 is 4.74 Å². The summed E-state index contributed by atoms with van der Waals surface area (Å²) in [6, 6.07) is 10.2. The highest BCUT2D eigenvalue weighted by molar-refractivity contribution is 7.11. The molecule has 0 aliphatic heterocycles. The molecule has 2 aromatic rings. The van der Waals surface area contributed by atoms with E-state index >= 15 is 0 Å². The number of hydrogen-bond donors (Lipinski definition) is 0. The molecule has 1 aromatic heterocycles. The molecule has 0 radical (unpaired) electrons. The smallest absolute Gasteiger partial charge is 0.140 e. The third kappa shape index (κ3) is 3.83. The first-order valence-electron chi connectivity index (χ1n) is 6.96. The van der Waals surface area contributed by atoms with Crippen molar-refractivity contribution in [1.29, 1.82) is 5.26 Å². The maximum atomic E-state index is 8.96. The third-order valence-corrected chi connectivity index (χ3v) is 4.17. The van der Waals surface area contributed by atoms with Crippen LogP contribution in [-0.2, 0) is 18.4 Å². The van der Waals surface area contributed by atoms with E-state index in [1.165, 1.54) is 0 Å². The highest BCUT2D eigenvalue weighted by atomic mass is 32.1. The van der Waals surface area contributed by atoms with Gasteiger partial charge in [0.2, 0.25) is 0 Å². The maximum absolute atomic E-state index is 8.96. The van der Waals surface area contributed by atoms with E-state index in [4.69, 9.17) is 10.00 Å². The van der Waals surface area contributed by atoms with Gasteiger partial charge in [0.1, 0.15) is 17.4 Å². The SMILES string of the molecule is Cc1ccccc1OCc1nc(C(C)(C)C)c(CC#N)s1. The number of benzene rings is 1. The Morgan fingerprint density at radius 3 is 2.62 bits per heavy atom. The number of thiazole rings is 1. The second-order valence-electron chi connectivity index (χ2n) is 6.02. The van der Waals surface area contributed by atoms with Crippen LogP contribution in [0.4, 0.5) is 0 Å². The predicted molar refractivity (Wildman–Crippen MR) is 85.6 cm³/mol. The molecule has 0 aliphatic rings. The van der Waals surface area contributed by atoms with Gasteiger partial charge in [-0.05, 0) is 18.6 Å². The van der Waals surface area contributed by atoms with Gasteiger partial charge in [-0.1, -0.05) is 39.0 Å². The molecule has 21 heavy (non-hydrogen) atoms. The molecule has 0 saturated heterocycles. The van der Waals surface area contributed by atoms with Crippen LogP contribution in [0, 0.1) is 18.3 Å². The van der Waals surface area contributed by atoms with Crippen molar-refractivity contribution in [2.75, 3.05) is 0 Å². The normalized spacial score (nSPS) is 11.2. The van der Waals surface area contributed by atoms with Gasteiger partial charge in [-0.3, -0.25) is 0 Å². The minimum atomic E-state index is -0.0520. The summed E-state index contributed by atoms with van der Waals surface area (Å²) in [5.74, 6) is 0.881. The van der Waals surface area contributed by atoms with Crippen molar-refractivity contribution in [2.24, 2.45) is 0 Å². The van der Waals surface area contributed by atoms with Gasteiger partial charge in [0.05, 0.1) is 18.2 Å². The fourth-order valence-corrected chi connectivity index (χ4v) is 3.22. The van der Waals surface area contributed by atoms with Gasteiger partial charge < -0.3 is 4.74 Å². The fourth-order valence-electron chi connectivity index (χ4n) is 2.10. The zero-order valence-corrected chi connectivity index (χ0v) is 13.8. The Morgan fingerprint density at radius 2 is 2.00 bits per heavy atom. The van der Waals surface area contributed by atoms with E-state index in [1.807, 2.05) is 31.2 Å². The van der Waals surface area contributed by atoms with Crippen LogP contribution in [0.1, 0.15) is 41.9 Å².